The van der Waals surface area contributed by atoms with E-state index in [0.717, 1.165) is 30.1 Å². The highest BCUT2D eigenvalue weighted by Gasteiger charge is 2.44. The summed E-state index contributed by atoms with van der Waals surface area (Å²) >= 11 is 0. The van der Waals surface area contributed by atoms with Crippen LogP contribution >= 0.6 is 0 Å². The van der Waals surface area contributed by atoms with Crippen LogP contribution in [-0.4, -0.2) is 37.6 Å². The van der Waals surface area contributed by atoms with Crippen molar-refractivity contribution in [2.75, 3.05) is 26.7 Å². The Kier molecular flexibility index (Phi) is 5.44. The summed E-state index contributed by atoms with van der Waals surface area (Å²) in [6.07, 6.45) is 2.77. The van der Waals surface area contributed by atoms with Gasteiger partial charge in [-0.1, -0.05) is 13.8 Å². The number of hydrogen-bond acceptors (Lipinski definition) is 4. The molecule has 1 saturated heterocycles. The summed E-state index contributed by atoms with van der Waals surface area (Å²) in [4.78, 5) is 23.6. The number of rotatable bonds is 5. The van der Waals surface area contributed by atoms with Gasteiger partial charge in [-0.05, 0) is 56.4 Å². The Morgan fingerprint density at radius 3 is 2.35 bits per heavy atom. The zero-order valence-electron chi connectivity index (χ0n) is 13.3. The Morgan fingerprint density at radius 2 is 1.80 bits per heavy atom. The third-order valence-corrected chi connectivity index (χ3v) is 5.30. The molecule has 4 unspecified atom stereocenters. The van der Waals surface area contributed by atoms with E-state index in [-0.39, 0.29) is 5.97 Å². The van der Waals surface area contributed by atoms with Crippen molar-refractivity contribution in [2.24, 2.45) is 29.6 Å². The van der Waals surface area contributed by atoms with Crippen molar-refractivity contribution >= 4 is 5.97 Å². The number of carbonyl (C=O) groups excluding carboxylic acids is 1. The first-order valence-electron chi connectivity index (χ1n) is 8.03. The van der Waals surface area contributed by atoms with Crippen LogP contribution in [0.5, 0.6) is 0 Å². The van der Waals surface area contributed by atoms with E-state index in [1.165, 1.54) is 19.5 Å². The number of nitrogens with zero attached hydrogens (tertiary/aromatic N) is 1. The molecule has 0 aromatic carbocycles. The Hall–Kier alpha value is -0.610. The minimum atomic E-state index is -0.218. The molecule has 0 N–H and O–H groups in total. The molecule has 20 heavy (non-hydrogen) atoms. The van der Waals surface area contributed by atoms with Gasteiger partial charge < -0.3 is 4.90 Å². The van der Waals surface area contributed by atoms with E-state index in [1.54, 1.807) is 0 Å². The zero-order valence-corrected chi connectivity index (χ0v) is 13.3. The second-order valence-corrected chi connectivity index (χ2v) is 6.80. The van der Waals surface area contributed by atoms with Crippen molar-refractivity contribution in [2.45, 2.75) is 40.0 Å². The molecular formula is C16H29NO3. The summed E-state index contributed by atoms with van der Waals surface area (Å²) in [6, 6.07) is 0. The molecule has 1 saturated carbocycles. The Balaban J connectivity index is 1.93. The molecule has 0 amide bonds. The highest BCUT2D eigenvalue weighted by Crippen LogP contribution is 2.47. The SMILES string of the molecule is CCOOC(=O)CCC1C2CN(C)CC1C(C)CC2C. The van der Waals surface area contributed by atoms with Crippen LogP contribution in [-0.2, 0) is 14.6 Å². The van der Waals surface area contributed by atoms with E-state index in [2.05, 4.69) is 25.8 Å². The standard InChI is InChI=1S/C16H29NO3/c1-5-19-20-16(18)7-6-13-14-9-17(4)10-15(13)12(3)8-11(14)2/h11-15H,5-10H2,1-4H3. The van der Waals surface area contributed by atoms with Gasteiger partial charge in [-0.25, -0.2) is 4.79 Å². The Labute approximate surface area is 122 Å². The minimum Gasteiger partial charge on any atom is -0.306 e. The number of carbonyl (C=O) groups is 1. The molecule has 0 radical (unpaired) electrons. The van der Waals surface area contributed by atoms with E-state index >= 15 is 0 Å². The van der Waals surface area contributed by atoms with Gasteiger partial charge in [0, 0.05) is 19.5 Å². The molecule has 116 valence electrons. The van der Waals surface area contributed by atoms with Gasteiger partial charge in [0.15, 0.2) is 0 Å². The van der Waals surface area contributed by atoms with Crippen LogP contribution in [0.25, 0.3) is 0 Å². The van der Waals surface area contributed by atoms with Crippen molar-refractivity contribution < 1.29 is 14.6 Å². The van der Waals surface area contributed by atoms with Gasteiger partial charge in [0.25, 0.3) is 0 Å². The maximum absolute atomic E-state index is 11.6. The summed E-state index contributed by atoms with van der Waals surface area (Å²) in [5, 5.41) is 0. The molecule has 0 aromatic rings. The fourth-order valence-electron chi connectivity index (χ4n) is 4.40. The van der Waals surface area contributed by atoms with Crippen molar-refractivity contribution in [1.29, 1.82) is 0 Å². The number of fused-ring (bicyclic) bond motifs is 2. The van der Waals surface area contributed by atoms with Crippen LogP contribution < -0.4 is 0 Å². The zero-order chi connectivity index (χ0) is 14.7. The molecule has 0 aromatic heterocycles. The first-order chi connectivity index (χ1) is 9.52. The molecule has 2 aliphatic rings. The van der Waals surface area contributed by atoms with Crippen molar-refractivity contribution in [1.82, 2.24) is 4.90 Å². The average Bonchev–Trinajstić information content (AvgIpc) is 2.41. The lowest BCUT2D eigenvalue weighted by Crippen LogP contribution is -2.52. The molecule has 2 fully saturated rings. The van der Waals surface area contributed by atoms with Crippen LogP contribution in [0.2, 0.25) is 0 Å². The average molecular weight is 283 g/mol. The largest absolute Gasteiger partial charge is 0.342 e. The molecule has 0 spiro atoms. The minimum absolute atomic E-state index is 0.218. The van der Waals surface area contributed by atoms with E-state index in [4.69, 9.17) is 9.78 Å². The van der Waals surface area contributed by atoms with Crippen LogP contribution in [0.15, 0.2) is 0 Å². The molecule has 4 heteroatoms. The van der Waals surface area contributed by atoms with Gasteiger partial charge in [0.2, 0.25) is 0 Å². The third-order valence-electron chi connectivity index (χ3n) is 5.30. The summed E-state index contributed by atoms with van der Waals surface area (Å²) in [5.74, 6) is 3.43. The van der Waals surface area contributed by atoms with Gasteiger partial charge in [-0.15, -0.1) is 0 Å². The van der Waals surface area contributed by atoms with Gasteiger partial charge in [-0.3, -0.25) is 4.89 Å². The first-order valence-corrected chi connectivity index (χ1v) is 8.03. The van der Waals surface area contributed by atoms with E-state index < -0.39 is 0 Å². The van der Waals surface area contributed by atoms with Gasteiger partial charge >= 0.3 is 5.97 Å². The second-order valence-electron chi connectivity index (χ2n) is 6.80. The van der Waals surface area contributed by atoms with E-state index in [0.29, 0.717) is 18.9 Å². The van der Waals surface area contributed by atoms with Crippen LogP contribution in [0, 0.1) is 29.6 Å². The molecule has 4 atom stereocenters. The predicted octanol–water partition coefficient (Wildman–Crippen LogP) is 2.73. The highest BCUT2D eigenvalue weighted by molar-refractivity contribution is 5.68. The lowest BCUT2D eigenvalue weighted by atomic mass is 9.59. The van der Waals surface area contributed by atoms with Gasteiger partial charge in [0.1, 0.15) is 0 Å². The third kappa shape index (κ3) is 3.53. The monoisotopic (exact) mass is 283 g/mol. The molecule has 1 aliphatic heterocycles. The predicted molar refractivity (Wildman–Crippen MR) is 77.9 cm³/mol. The Bertz CT molecular complexity index is 316. The quantitative estimate of drug-likeness (QED) is 0.574. The lowest BCUT2D eigenvalue weighted by Gasteiger charge is -2.52. The fraction of sp³-hybridized carbons (Fsp3) is 0.938. The number of likely N-dealkylation sites (tertiary alicyclic amines) is 1. The van der Waals surface area contributed by atoms with Crippen LogP contribution in [0.4, 0.5) is 0 Å². The topological polar surface area (TPSA) is 38.8 Å². The smallest absolute Gasteiger partial charge is 0.306 e. The second kappa shape index (κ2) is 6.90. The molecular weight excluding hydrogens is 254 g/mol. The van der Waals surface area contributed by atoms with Crippen molar-refractivity contribution in [3.05, 3.63) is 0 Å². The lowest BCUT2D eigenvalue weighted by molar-refractivity contribution is -0.270. The summed E-state index contributed by atoms with van der Waals surface area (Å²) in [5.41, 5.74) is 0. The highest BCUT2D eigenvalue weighted by atomic mass is 17.2. The normalized spacial score (nSPS) is 37.7. The molecule has 2 rings (SSSR count). The fourth-order valence-corrected chi connectivity index (χ4v) is 4.40. The van der Waals surface area contributed by atoms with Crippen LogP contribution in [0.3, 0.4) is 0 Å². The van der Waals surface area contributed by atoms with Crippen LogP contribution in [0.1, 0.15) is 40.0 Å². The summed E-state index contributed by atoms with van der Waals surface area (Å²) < 4.78 is 0. The molecule has 2 bridgehead atoms. The van der Waals surface area contributed by atoms with Gasteiger partial charge in [-0.2, -0.15) is 4.89 Å². The van der Waals surface area contributed by atoms with Gasteiger partial charge in [0.05, 0.1) is 6.61 Å². The summed E-state index contributed by atoms with van der Waals surface area (Å²) in [6.45, 7) is 9.34. The first kappa shape index (κ1) is 15.8. The Morgan fingerprint density at radius 1 is 1.20 bits per heavy atom. The molecule has 1 aliphatic carbocycles. The maximum Gasteiger partial charge on any atom is 0.342 e. The van der Waals surface area contributed by atoms with Crippen molar-refractivity contribution in [3.63, 3.8) is 0 Å². The summed E-state index contributed by atoms with van der Waals surface area (Å²) in [7, 11) is 2.23. The maximum atomic E-state index is 11.6. The molecule has 4 nitrogen and oxygen atoms in total. The van der Waals surface area contributed by atoms with E-state index in [9.17, 15) is 4.79 Å². The number of piperidine rings is 1. The molecule has 1 heterocycles. The van der Waals surface area contributed by atoms with Crippen molar-refractivity contribution in [3.8, 4) is 0 Å². The number of hydrogen-bond donors (Lipinski definition) is 0. The van der Waals surface area contributed by atoms with E-state index in [1.807, 2.05) is 6.92 Å².